The number of rotatable bonds is 5. The summed E-state index contributed by atoms with van der Waals surface area (Å²) in [5.41, 5.74) is 10.1. The zero-order valence-electron chi connectivity index (χ0n) is 11.0. The lowest BCUT2D eigenvalue weighted by Gasteiger charge is -2.18. The smallest absolute Gasteiger partial charge is 0.0307 e. The van der Waals surface area contributed by atoms with Gasteiger partial charge in [-0.15, -0.1) is 0 Å². The maximum Gasteiger partial charge on any atom is 0.0307 e. The predicted molar refractivity (Wildman–Crippen MR) is 70.6 cm³/mol. The molecular formula is C14H24N2. The van der Waals surface area contributed by atoms with Gasteiger partial charge in [0.15, 0.2) is 0 Å². The summed E-state index contributed by atoms with van der Waals surface area (Å²) in [5, 5.41) is 0. The van der Waals surface area contributed by atoms with Gasteiger partial charge in [0.05, 0.1) is 0 Å². The zero-order chi connectivity index (χ0) is 12.1. The van der Waals surface area contributed by atoms with E-state index in [0.29, 0.717) is 0 Å². The molecule has 90 valence electrons. The highest BCUT2D eigenvalue weighted by molar-refractivity contribution is 5.30. The van der Waals surface area contributed by atoms with Gasteiger partial charge >= 0.3 is 0 Å². The Hall–Kier alpha value is -0.860. The summed E-state index contributed by atoms with van der Waals surface area (Å²) in [6.45, 7) is 8.56. The first kappa shape index (κ1) is 13.2. The van der Waals surface area contributed by atoms with E-state index in [1.165, 1.54) is 16.7 Å². The van der Waals surface area contributed by atoms with Crippen LogP contribution in [-0.4, -0.2) is 25.0 Å². The van der Waals surface area contributed by atoms with Gasteiger partial charge in [-0.3, -0.25) is 0 Å². The van der Waals surface area contributed by atoms with Gasteiger partial charge in [-0.25, -0.2) is 0 Å². The fourth-order valence-electron chi connectivity index (χ4n) is 1.91. The van der Waals surface area contributed by atoms with Crippen LogP contribution < -0.4 is 5.73 Å². The standard InChI is InChI=1S/C14H24N2/c1-5-16(4)7-6-14(15)13-9-11(2)8-12(3)10-13/h8-10,14H,5-7,15H2,1-4H3. The normalized spacial score (nSPS) is 13.1. The van der Waals surface area contributed by atoms with E-state index in [0.717, 1.165) is 19.5 Å². The van der Waals surface area contributed by atoms with Gasteiger partial charge in [-0.05, 0) is 46.0 Å². The summed E-state index contributed by atoms with van der Waals surface area (Å²) < 4.78 is 0. The molecule has 0 saturated heterocycles. The van der Waals surface area contributed by atoms with Crippen LogP contribution >= 0.6 is 0 Å². The van der Waals surface area contributed by atoms with Gasteiger partial charge < -0.3 is 10.6 Å². The van der Waals surface area contributed by atoms with Crippen molar-refractivity contribution in [2.45, 2.75) is 33.2 Å². The molecule has 1 rings (SSSR count). The predicted octanol–water partition coefficient (Wildman–Crippen LogP) is 2.65. The molecule has 0 spiro atoms. The molecule has 2 heteroatoms. The molecule has 0 saturated carbocycles. The summed E-state index contributed by atoms with van der Waals surface area (Å²) >= 11 is 0. The Labute approximate surface area is 99.5 Å². The second kappa shape index (κ2) is 6.02. The van der Waals surface area contributed by atoms with Crippen LogP contribution in [0, 0.1) is 13.8 Å². The van der Waals surface area contributed by atoms with Crippen molar-refractivity contribution in [2.24, 2.45) is 5.73 Å². The first-order valence-electron chi connectivity index (χ1n) is 6.05. The Bertz CT molecular complexity index is 313. The van der Waals surface area contributed by atoms with Gasteiger partial charge in [0.1, 0.15) is 0 Å². The number of hydrogen-bond donors (Lipinski definition) is 1. The van der Waals surface area contributed by atoms with E-state index >= 15 is 0 Å². The molecule has 0 fully saturated rings. The molecule has 1 aromatic carbocycles. The van der Waals surface area contributed by atoms with E-state index in [1.54, 1.807) is 0 Å². The van der Waals surface area contributed by atoms with E-state index in [2.05, 4.69) is 50.9 Å². The van der Waals surface area contributed by atoms with Gasteiger partial charge in [0.2, 0.25) is 0 Å². The lowest BCUT2D eigenvalue weighted by Crippen LogP contribution is -2.23. The molecule has 1 atom stereocenters. The Morgan fingerprint density at radius 1 is 1.19 bits per heavy atom. The highest BCUT2D eigenvalue weighted by atomic mass is 15.1. The van der Waals surface area contributed by atoms with Crippen LogP contribution in [0.4, 0.5) is 0 Å². The fraction of sp³-hybridized carbons (Fsp3) is 0.571. The van der Waals surface area contributed by atoms with Crippen molar-refractivity contribution < 1.29 is 0 Å². The Morgan fingerprint density at radius 3 is 2.25 bits per heavy atom. The van der Waals surface area contributed by atoms with Crippen molar-refractivity contribution in [2.75, 3.05) is 20.1 Å². The first-order chi connectivity index (χ1) is 7.52. The van der Waals surface area contributed by atoms with Crippen molar-refractivity contribution in [1.82, 2.24) is 4.90 Å². The lowest BCUT2D eigenvalue weighted by molar-refractivity contribution is 0.335. The summed E-state index contributed by atoms with van der Waals surface area (Å²) in [4.78, 5) is 2.29. The van der Waals surface area contributed by atoms with E-state index in [9.17, 15) is 0 Å². The van der Waals surface area contributed by atoms with E-state index < -0.39 is 0 Å². The molecule has 0 aliphatic rings. The average molecular weight is 220 g/mol. The second-order valence-electron chi connectivity index (χ2n) is 4.71. The molecule has 0 heterocycles. The molecule has 0 amide bonds. The van der Waals surface area contributed by atoms with Crippen LogP contribution in [0.2, 0.25) is 0 Å². The lowest BCUT2D eigenvalue weighted by atomic mass is 10.00. The quantitative estimate of drug-likeness (QED) is 0.826. The SMILES string of the molecule is CCN(C)CCC(N)c1cc(C)cc(C)c1. The Balaban J connectivity index is 2.62. The molecule has 2 N–H and O–H groups in total. The van der Waals surface area contributed by atoms with E-state index in [-0.39, 0.29) is 6.04 Å². The van der Waals surface area contributed by atoms with E-state index in [1.807, 2.05) is 0 Å². The second-order valence-corrected chi connectivity index (χ2v) is 4.71. The highest BCUT2D eigenvalue weighted by Gasteiger charge is 2.07. The number of hydrogen-bond acceptors (Lipinski definition) is 2. The molecular weight excluding hydrogens is 196 g/mol. The van der Waals surface area contributed by atoms with Crippen molar-refractivity contribution in [3.05, 3.63) is 34.9 Å². The molecule has 0 aromatic heterocycles. The number of aryl methyl sites for hydroxylation is 2. The fourth-order valence-corrected chi connectivity index (χ4v) is 1.91. The number of benzene rings is 1. The molecule has 0 bridgehead atoms. The van der Waals surface area contributed by atoms with E-state index in [4.69, 9.17) is 5.73 Å². The minimum atomic E-state index is 0.160. The molecule has 1 aromatic rings. The van der Waals surface area contributed by atoms with Crippen molar-refractivity contribution in [3.8, 4) is 0 Å². The van der Waals surface area contributed by atoms with Crippen LogP contribution in [0.25, 0.3) is 0 Å². The largest absolute Gasteiger partial charge is 0.324 e. The summed E-state index contributed by atoms with van der Waals surface area (Å²) in [5.74, 6) is 0. The van der Waals surface area contributed by atoms with Crippen LogP contribution in [0.3, 0.4) is 0 Å². The highest BCUT2D eigenvalue weighted by Crippen LogP contribution is 2.17. The van der Waals surface area contributed by atoms with Gasteiger partial charge in [-0.2, -0.15) is 0 Å². The third-order valence-corrected chi connectivity index (χ3v) is 3.03. The average Bonchev–Trinajstić information content (AvgIpc) is 2.23. The third-order valence-electron chi connectivity index (χ3n) is 3.03. The topological polar surface area (TPSA) is 29.3 Å². The van der Waals surface area contributed by atoms with Gasteiger partial charge in [0, 0.05) is 6.04 Å². The molecule has 0 aliphatic carbocycles. The summed E-state index contributed by atoms with van der Waals surface area (Å²) in [6.07, 6.45) is 1.02. The minimum Gasteiger partial charge on any atom is -0.324 e. The monoisotopic (exact) mass is 220 g/mol. The van der Waals surface area contributed by atoms with Gasteiger partial charge in [0.25, 0.3) is 0 Å². The zero-order valence-corrected chi connectivity index (χ0v) is 11.0. The Kier molecular flexibility index (Phi) is 4.97. The maximum absolute atomic E-state index is 6.21. The van der Waals surface area contributed by atoms with Crippen LogP contribution in [0.5, 0.6) is 0 Å². The van der Waals surface area contributed by atoms with Crippen molar-refractivity contribution >= 4 is 0 Å². The third kappa shape index (κ3) is 3.95. The molecule has 1 unspecified atom stereocenters. The molecule has 16 heavy (non-hydrogen) atoms. The summed E-state index contributed by atoms with van der Waals surface area (Å²) in [6, 6.07) is 6.74. The van der Waals surface area contributed by atoms with Crippen LogP contribution in [0.15, 0.2) is 18.2 Å². The van der Waals surface area contributed by atoms with Gasteiger partial charge in [-0.1, -0.05) is 36.2 Å². The molecule has 2 nitrogen and oxygen atoms in total. The van der Waals surface area contributed by atoms with Crippen molar-refractivity contribution in [3.63, 3.8) is 0 Å². The minimum absolute atomic E-state index is 0.160. The number of nitrogens with zero attached hydrogens (tertiary/aromatic N) is 1. The molecule has 0 radical (unpaired) electrons. The number of nitrogens with two attached hydrogens (primary N) is 1. The van der Waals surface area contributed by atoms with Crippen molar-refractivity contribution in [1.29, 1.82) is 0 Å². The maximum atomic E-state index is 6.21. The van der Waals surface area contributed by atoms with Crippen LogP contribution in [0.1, 0.15) is 36.1 Å². The molecule has 0 aliphatic heterocycles. The summed E-state index contributed by atoms with van der Waals surface area (Å²) in [7, 11) is 2.13. The first-order valence-corrected chi connectivity index (χ1v) is 6.05. The van der Waals surface area contributed by atoms with Crippen LogP contribution in [-0.2, 0) is 0 Å². The Morgan fingerprint density at radius 2 is 1.75 bits per heavy atom.